The third-order valence-corrected chi connectivity index (χ3v) is 11.6. The first-order valence-corrected chi connectivity index (χ1v) is 18.2. The summed E-state index contributed by atoms with van der Waals surface area (Å²) < 4.78 is 31.2. The molecule has 2 saturated carbocycles. The summed E-state index contributed by atoms with van der Waals surface area (Å²) in [6.45, 7) is 9.30. The van der Waals surface area contributed by atoms with Gasteiger partial charge in [0.25, 0.3) is 0 Å². The Balaban J connectivity index is 1.13. The van der Waals surface area contributed by atoms with E-state index in [2.05, 4.69) is 15.5 Å². The molecule has 0 radical (unpaired) electrons. The number of hydrogen-bond donors (Lipinski definition) is 2. The van der Waals surface area contributed by atoms with Crippen LogP contribution in [0.3, 0.4) is 0 Å². The quantitative estimate of drug-likeness (QED) is 0.284. The van der Waals surface area contributed by atoms with Gasteiger partial charge in [0.15, 0.2) is 0 Å². The first-order valence-electron chi connectivity index (χ1n) is 18.2. The van der Waals surface area contributed by atoms with Crippen LogP contribution < -0.4 is 10.6 Å². The third-order valence-electron chi connectivity index (χ3n) is 11.6. The number of alkyl carbamates (subject to hydrolysis) is 2. The zero-order chi connectivity index (χ0) is 35.5. The number of ether oxygens (including phenoxy) is 3. The van der Waals surface area contributed by atoms with Crippen LogP contribution in [0.2, 0.25) is 0 Å². The Morgan fingerprint density at radius 3 is 2.32 bits per heavy atom. The lowest BCUT2D eigenvalue weighted by Gasteiger charge is -2.61. The average Bonchev–Trinajstić information content (AvgIpc) is 3.51. The highest BCUT2D eigenvalue weighted by Crippen LogP contribution is 2.53. The minimum Gasteiger partial charge on any atom is -0.453 e. The number of hydrogen-bond acceptors (Lipinski definition) is 7. The molecule has 50 heavy (non-hydrogen) atoms. The predicted octanol–water partition coefficient (Wildman–Crippen LogP) is 6.63. The van der Waals surface area contributed by atoms with Gasteiger partial charge in [-0.1, -0.05) is 48.9 Å². The van der Waals surface area contributed by atoms with Gasteiger partial charge in [-0.25, -0.2) is 18.8 Å². The van der Waals surface area contributed by atoms with Gasteiger partial charge >= 0.3 is 18.3 Å². The molecule has 3 atom stereocenters. The van der Waals surface area contributed by atoms with E-state index in [0.717, 1.165) is 82.3 Å². The lowest BCUT2D eigenvalue weighted by atomic mass is 9.57. The van der Waals surface area contributed by atoms with Crippen molar-refractivity contribution in [2.75, 3.05) is 39.8 Å². The second-order valence-corrected chi connectivity index (χ2v) is 16.0. The Labute approximate surface area is 295 Å². The highest BCUT2D eigenvalue weighted by molar-refractivity contribution is 5.69. The molecule has 10 nitrogen and oxygen atoms in total. The molecule has 4 aliphatic rings. The van der Waals surface area contributed by atoms with Crippen LogP contribution in [0, 0.1) is 23.1 Å². The van der Waals surface area contributed by atoms with Crippen molar-refractivity contribution in [3.63, 3.8) is 0 Å². The number of carbonyl (C=O) groups is 3. The van der Waals surface area contributed by atoms with Crippen molar-refractivity contribution < 1.29 is 33.0 Å². The normalized spacial score (nSPS) is 23.7. The molecule has 3 amide bonds. The van der Waals surface area contributed by atoms with Gasteiger partial charge in [0.2, 0.25) is 0 Å². The maximum Gasteiger partial charge on any atom is 0.410 e. The van der Waals surface area contributed by atoms with E-state index in [0.29, 0.717) is 6.04 Å². The molecule has 0 bridgehead atoms. The molecular weight excluding hydrogens is 639 g/mol. The third kappa shape index (κ3) is 7.87. The fourth-order valence-electron chi connectivity index (χ4n) is 9.34. The van der Waals surface area contributed by atoms with E-state index in [4.69, 9.17) is 14.2 Å². The summed E-state index contributed by atoms with van der Waals surface area (Å²) in [5, 5.41) is 6.17. The Hall–Kier alpha value is -3.86. The number of piperidine rings is 1. The van der Waals surface area contributed by atoms with Crippen molar-refractivity contribution in [2.24, 2.45) is 17.3 Å². The molecular formula is C39H53FN4O6. The van der Waals surface area contributed by atoms with E-state index < -0.39 is 23.2 Å². The van der Waals surface area contributed by atoms with E-state index in [1.165, 1.54) is 13.2 Å². The first-order chi connectivity index (χ1) is 23.9. The van der Waals surface area contributed by atoms with Crippen LogP contribution in [-0.4, -0.2) is 85.6 Å². The fourth-order valence-corrected chi connectivity index (χ4v) is 9.34. The van der Waals surface area contributed by atoms with E-state index in [-0.39, 0.29) is 48.4 Å². The number of methoxy groups -OCH3 is 1. The lowest BCUT2D eigenvalue weighted by Crippen LogP contribution is -2.68. The number of carbonyl (C=O) groups excluding carboxylic acids is 3. The minimum absolute atomic E-state index is 0.0514. The standard InChI is InChI=1S/C39H53FN4O6/c1-37(2,3)50-34(45)41-24-39(29-12-8-13-30(40)20-29,32-14-9-15-33(32)42-35(46)48-4)28-16-18-43(19-17-28)31-21-38(22-31)25-44(26-38)36(47)49-23-27-10-6-5-7-11-27/h5-8,10-13,20,28,31-33H,9,14-19,21-26H2,1-4H3,(H,41,45)(H,42,46)/t32-,33-,39-/m0/s1. The minimum atomic E-state index is -0.667. The smallest absolute Gasteiger partial charge is 0.410 e. The first kappa shape index (κ1) is 35.9. The zero-order valence-corrected chi connectivity index (χ0v) is 29.9. The highest BCUT2D eigenvalue weighted by Gasteiger charge is 2.57. The van der Waals surface area contributed by atoms with Crippen molar-refractivity contribution in [3.05, 3.63) is 71.5 Å². The highest BCUT2D eigenvalue weighted by atomic mass is 19.1. The van der Waals surface area contributed by atoms with Crippen molar-refractivity contribution in [1.82, 2.24) is 20.4 Å². The molecule has 4 fully saturated rings. The molecule has 2 aromatic carbocycles. The average molecular weight is 693 g/mol. The summed E-state index contributed by atoms with van der Waals surface area (Å²) in [4.78, 5) is 42.7. The van der Waals surface area contributed by atoms with Gasteiger partial charge < -0.3 is 34.6 Å². The van der Waals surface area contributed by atoms with Crippen LogP contribution in [0.15, 0.2) is 54.6 Å². The number of amides is 3. The second kappa shape index (κ2) is 14.8. The van der Waals surface area contributed by atoms with E-state index in [1.807, 2.05) is 62.1 Å². The SMILES string of the molecule is COC(=O)N[C@H]1CCC[C@@H]1[C@](CNC(=O)OC(C)(C)C)(c1cccc(F)c1)C1CCN(C2CC3(C2)CN(C(=O)OCc2ccccc2)C3)CC1. The van der Waals surface area contributed by atoms with Gasteiger partial charge in [-0.15, -0.1) is 0 Å². The number of likely N-dealkylation sites (tertiary alicyclic amines) is 2. The lowest BCUT2D eigenvalue weighted by molar-refractivity contribution is -0.107. The van der Waals surface area contributed by atoms with Crippen LogP contribution >= 0.6 is 0 Å². The largest absolute Gasteiger partial charge is 0.453 e. The molecule has 2 heterocycles. The molecule has 2 aliphatic carbocycles. The van der Waals surface area contributed by atoms with Gasteiger partial charge in [0.05, 0.1) is 7.11 Å². The van der Waals surface area contributed by atoms with Crippen LogP contribution in [-0.2, 0) is 26.2 Å². The molecule has 272 valence electrons. The Kier molecular flexibility index (Phi) is 10.6. The molecule has 2 aromatic rings. The van der Waals surface area contributed by atoms with Crippen LogP contribution in [0.25, 0.3) is 0 Å². The molecule has 2 aliphatic heterocycles. The molecule has 0 aromatic heterocycles. The molecule has 0 unspecified atom stereocenters. The van der Waals surface area contributed by atoms with Crippen molar-refractivity contribution in [3.8, 4) is 0 Å². The van der Waals surface area contributed by atoms with Gasteiger partial charge in [-0.05, 0) is 107 Å². The van der Waals surface area contributed by atoms with Crippen molar-refractivity contribution in [2.45, 2.75) is 95.4 Å². The van der Waals surface area contributed by atoms with Crippen LogP contribution in [0.1, 0.15) is 76.8 Å². The van der Waals surface area contributed by atoms with Gasteiger partial charge in [0, 0.05) is 42.5 Å². The topological polar surface area (TPSA) is 109 Å². The van der Waals surface area contributed by atoms with E-state index >= 15 is 4.39 Å². The van der Waals surface area contributed by atoms with E-state index in [9.17, 15) is 14.4 Å². The molecule has 6 rings (SSSR count). The van der Waals surface area contributed by atoms with Gasteiger partial charge in [-0.2, -0.15) is 0 Å². The summed E-state index contributed by atoms with van der Waals surface area (Å²) in [7, 11) is 1.36. The number of benzene rings is 2. The second-order valence-electron chi connectivity index (χ2n) is 16.0. The van der Waals surface area contributed by atoms with E-state index in [1.54, 1.807) is 12.1 Å². The summed E-state index contributed by atoms with van der Waals surface area (Å²) in [6.07, 6.45) is 5.14. The monoisotopic (exact) mass is 692 g/mol. The van der Waals surface area contributed by atoms with Crippen LogP contribution in [0.4, 0.5) is 18.8 Å². The number of nitrogens with zero attached hydrogens (tertiary/aromatic N) is 2. The summed E-state index contributed by atoms with van der Waals surface area (Å²) in [5.74, 6) is -0.257. The summed E-state index contributed by atoms with van der Waals surface area (Å²) in [5.41, 5.74) is 0.675. The maximum atomic E-state index is 15.0. The molecule has 1 spiro atoms. The Morgan fingerprint density at radius 2 is 1.66 bits per heavy atom. The fraction of sp³-hybridized carbons (Fsp3) is 0.615. The predicted molar refractivity (Wildman–Crippen MR) is 187 cm³/mol. The summed E-state index contributed by atoms with van der Waals surface area (Å²) in [6, 6.07) is 16.8. The Morgan fingerprint density at radius 1 is 0.940 bits per heavy atom. The van der Waals surface area contributed by atoms with Gasteiger partial charge in [0.1, 0.15) is 18.0 Å². The number of nitrogens with one attached hydrogen (secondary N) is 2. The molecule has 2 N–H and O–H groups in total. The molecule has 11 heteroatoms. The van der Waals surface area contributed by atoms with Crippen molar-refractivity contribution in [1.29, 1.82) is 0 Å². The van der Waals surface area contributed by atoms with Crippen LogP contribution in [0.5, 0.6) is 0 Å². The zero-order valence-electron chi connectivity index (χ0n) is 29.9. The van der Waals surface area contributed by atoms with Crippen molar-refractivity contribution >= 4 is 18.3 Å². The summed E-state index contributed by atoms with van der Waals surface area (Å²) >= 11 is 0. The number of rotatable bonds is 9. The number of halogens is 1. The maximum absolute atomic E-state index is 15.0. The molecule has 2 saturated heterocycles. The van der Waals surface area contributed by atoms with Gasteiger partial charge in [-0.3, -0.25) is 0 Å². The Bertz CT molecular complexity index is 1500.